The molecule has 0 aromatic heterocycles. The molecule has 0 amide bonds. The number of benzene rings is 2. The highest BCUT2D eigenvalue weighted by Gasteiger charge is 2.45. The van der Waals surface area contributed by atoms with Gasteiger partial charge in [0.1, 0.15) is 5.82 Å². The van der Waals surface area contributed by atoms with Crippen molar-refractivity contribution in [2.24, 2.45) is 11.1 Å². The smallest absolute Gasteiger partial charge is 0.162 e. The van der Waals surface area contributed by atoms with Gasteiger partial charge in [-0.2, -0.15) is 5.26 Å². The maximum Gasteiger partial charge on any atom is 0.162 e. The fourth-order valence-corrected chi connectivity index (χ4v) is 4.76. The minimum atomic E-state index is -0.552. The first-order valence-electron chi connectivity index (χ1n) is 10.0. The lowest BCUT2D eigenvalue weighted by Gasteiger charge is -2.44. The molecule has 30 heavy (non-hydrogen) atoms. The van der Waals surface area contributed by atoms with E-state index in [4.69, 9.17) is 17.3 Å². The van der Waals surface area contributed by atoms with Crippen molar-refractivity contribution in [1.29, 1.82) is 5.26 Å². The fraction of sp³-hybridized carbons (Fsp3) is 0.280. The molecule has 4 nitrogen and oxygen atoms in total. The molecule has 0 saturated heterocycles. The average molecular weight is 418 g/mol. The normalized spacial score (nSPS) is 20.8. The van der Waals surface area contributed by atoms with Crippen LogP contribution in [0, 0.1) is 23.7 Å². The molecule has 1 aliphatic carbocycles. The number of hydrogen-bond acceptors (Lipinski definition) is 4. The van der Waals surface area contributed by atoms with Crippen LogP contribution in [0.2, 0.25) is 5.02 Å². The molecular formula is C25H24ClN3O. The Kier molecular flexibility index (Phi) is 4.95. The van der Waals surface area contributed by atoms with Gasteiger partial charge >= 0.3 is 0 Å². The molecule has 2 aromatic rings. The number of aryl methyl sites for hydroxylation is 1. The Balaban J connectivity index is 2.02. The largest absolute Gasteiger partial charge is 0.384 e. The summed E-state index contributed by atoms with van der Waals surface area (Å²) in [6.07, 6.45) is 1.11. The highest BCUT2D eigenvalue weighted by atomic mass is 35.5. The van der Waals surface area contributed by atoms with Crippen molar-refractivity contribution >= 4 is 23.1 Å². The van der Waals surface area contributed by atoms with Gasteiger partial charge in [-0.25, -0.2) is 0 Å². The van der Waals surface area contributed by atoms with Gasteiger partial charge in [-0.05, 0) is 42.5 Å². The Morgan fingerprint density at radius 2 is 1.80 bits per heavy atom. The van der Waals surface area contributed by atoms with Crippen molar-refractivity contribution in [3.63, 3.8) is 0 Å². The van der Waals surface area contributed by atoms with E-state index in [9.17, 15) is 10.1 Å². The van der Waals surface area contributed by atoms with Crippen LogP contribution in [0.4, 0.5) is 5.69 Å². The Hall–Kier alpha value is -3.03. The number of anilines is 1. The van der Waals surface area contributed by atoms with Crippen LogP contribution in [-0.2, 0) is 4.79 Å². The summed E-state index contributed by atoms with van der Waals surface area (Å²) in [5, 5.41) is 10.6. The summed E-state index contributed by atoms with van der Waals surface area (Å²) in [6, 6.07) is 17.6. The molecule has 2 aliphatic rings. The van der Waals surface area contributed by atoms with Crippen LogP contribution in [0.1, 0.15) is 43.7 Å². The maximum atomic E-state index is 13.4. The van der Waals surface area contributed by atoms with Gasteiger partial charge in [0, 0.05) is 28.4 Å². The van der Waals surface area contributed by atoms with Crippen LogP contribution in [0.5, 0.6) is 0 Å². The quantitative estimate of drug-likeness (QED) is 0.691. The van der Waals surface area contributed by atoms with Crippen molar-refractivity contribution in [1.82, 2.24) is 0 Å². The Bertz CT molecular complexity index is 1140. The number of carbonyl (C=O) groups excluding carboxylic acids is 1. The maximum absolute atomic E-state index is 13.4. The van der Waals surface area contributed by atoms with E-state index in [0.29, 0.717) is 34.8 Å². The van der Waals surface area contributed by atoms with E-state index in [1.807, 2.05) is 54.3 Å². The summed E-state index contributed by atoms with van der Waals surface area (Å²) < 4.78 is 0. The lowest BCUT2D eigenvalue weighted by molar-refractivity contribution is -0.118. The van der Waals surface area contributed by atoms with E-state index in [1.54, 1.807) is 6.07 Å². The van der Waals surface area contributed by atoms with E-state index in [1.165, 1.54) is 0 Å². The molecule has 0 fully saturated rings. The molecule has 1 heterocycles. The van der Waals surface area contributed by atoms with E-state index in [-0.39, 0.29) is 11.2 Å². The molecule has 4 rings (SSSR count). The third kappa shape index (κ3) is 3.30. The summed E-state index contributed by atoms with van der Waals surface area (Å²) >= 11 is 6.51. The molecular weight excluding hydrogens is 394 g/mol. The molecule has 1 atom stereocenters. The van der Waals surface area contributed by atoms with Crippen molar-refractivity contribution < 1.29 is 4.79 Å². The number of halogens is 1. The molecule has 0 unspecified atom stereocenters. The van der Waals surface area contributed by atoms with Crippen LogP contribution in [0.15, 0.2) is 71.2 Å². The first-order chi connectivity index (χ1) is 14.2. The Morgan fingerprint density at radius 1 is 1.13 bits per heavy atom. The second-order valence-electron chi connectivity index (χ2n) is 8.84. The van der Waals surface area contributed by atoms with Crippen molar-refractivity contribution in [2.75, 3.05) is 4.90 Å². The van der Waals surface area contributed by atoms with Crippen LogP contribution in [-0.4, -0.2) is 5.78 Å². The molecule has 2 N–H and O–H groups in total. The van der Waals surface area contributed by atoms with E-state index >= 15 is 0 Å². The number of ketones is 1. The van der Waals surface area contributed by atoms with Gasteiger partial charge in [-0.3, -0.25) is 9.69 Å². The SMILES string of the molecule is Cc1ccc(N2C(N)=C(C#N)[C@H](c3ccccc3Cl)C3=C2CC(C)(C)CC3=O)cc1. The number of nitrogens with two attached hydrogens (primary N) is 1. The first kappa shape index (κ1) is 20.3. The topological polar surface area (TPSA) is 70.1 Å². The second kappa shape index (κ2) is 7.34. The van der Waals surface area contributed by atoms with Gasteiger partial charge in [0.15, 0.2) is 5.78 Å². The zero-order valence-corrected chi connectivity index (χ0v) is 18.1. The van der Waals surface area contributed by atoms with Crippen molar-refractivity contribution in [2.45, 2.75) is 39.5 Å². The number of hydrogen-bond donors (Lipinski definition) is 1. The predicted molar refractivity (Wildman–Crippen MR) is 120 cm³/mol. The molecule has 0 radical (unpaired) electrons. The summed E-state index contributed by atoms with van der Waals surface area (Å²) in [4.78, 5) is 15.3. The molecule has 0 spiro atoms. The van der Waals surface area contributed by atoms with Gasteiger partial charge in [0.05, 0.1) is 17.6 Å². The van der Waals surface area contributed by atoms with Crippen LogP contribution in [0.3, 0.4) is 0 Å². The lowest BCUT2D eigenvalue weighted by Crippen LogP contribution is -2.42. The third-order valence-electron chi connectivity index (χ3n) is 5.89. The first-order valence-corrected chi connectivity index (χ1v) is 10.4. The van der Waals surface area contributed by atoms with Gasteiger partial charge in [0.25, 0.3) is 0 Å². The monoisotopic (exact) mass is 417 g/mol. The lowest BCUT2D eigenvalue weighted by atomic mass is 9.68. The number of Topliss-reactive ketones (excluding diaryl/α,β-unsaturated/α-hetero) is 1. The fourth-order valence-electron chi connectivity index (χ4n) is 4.52. The standard InChI is InChI=1S/C25H24ClN3O/c1-15-8-10-16(11-9-15)29-20-12-25(2,3)13-21(30)23(20)22(18(14-27)24(29)28)17-6-4-5-7-19(17)26/h4-11,22H,12-13,28H2,1-3H3/t22-/m0/s1. The summed E-state index contributed by atoms with van der Waals surface area (Å²) in [7, 11) is 0. The molecule has 152 valence electrons. The Morgan fingerprint density at radius 3 is 2.43 bits per heavy atom. The highest BCUT2D eigenvalue weighted by molar-refractivity contribution is 6.31. The van der Waals surface area contributed by atoms with Gasteiger partial charge < -0.3 is 5.73 Å². The predicted octanol–water partition coefficient (Wildman–Crippen LogP) is 5.59. The zero-order valence-electron chi connectivity index (χ0n) is 17.4. The van der Waals surface area contributed by atoms with Gasteiger partial charge in [0.2, 0.25) is 0 Å². The summed E-state index contributed by atoms with van der Waals surface area (Å²) in [5.74, 6) is -0.150. The summed E-state index contributed by atoms with van der Waals surface area (Å²) in [6.45, 7) is 6.20. The number of rotatable bonds is 2. The van der Waals surface area contributed by atoms with Crippen molar-refractivity contribution in [3.05, 3.63) is 87.3 Å². The molecule has 0 bridgehead atoms. The van der Waals surface area contributed by atoms with Crippen LogP contribution in [0.25, 0.3) is 0 Å². The second-order valence-corrected chi connectivity index (χ2v) is 9.24. The molecule has 1 aliphatic heterocycles. The minimum absolute atomic E-state index is 0.0449. The summed E-state index contributed by atoms with van der Waals surface area (Å²) in [5.41, 5.74) is 11.0. The van der Waals surface area contributed by atoms with Crippen LogP contribution < -0.4 is 10.6 Å². The molecule has 5 heteroatoms. The minimum Gasteiger partial charge on any atom is -0.384 e. The number of carbonyl (C=O) groups is 1. The van der Waals surface area contributed by atoms with Gasteiger partial charge in [-0.1, -0.05) is 61.3 Å². The third-order valence-corrected chi connectivity index (χ3v) is 6.23. The highest BCUT2D eigenvalue weighted by Crippen LogP contribution is 2.51. The van der Waals surface area contributed by atoms with Crippen LogP contribution >= 0.6 is 11.6 Å². The number of allylic oxidation sites excluding steroid dienone is 3. The molecule has 0 saturated carbocycles. The number of nitriles is 1. The average Bonchev–Trinajstić information content (AvgIpc) is 2.68. The van der Waals surface area contributed by atoms with Gasteiger partial charge in [-0.15, -0.1) is 0 Å². The molecule has 2 aromatic carbocycles. The Labute approximate surface area is 182 Å². The van der Waals surface area contributed by atoms with Crippen molar-refractivity contribution in [3.8, 4) is 6.07 Å². The van der Waals surface area contributed by atoms with E-state index in [0.717, 1.165) is 22.5 Å². The zero-order chi connectivity index (χ0) is 21.6. The number of nitrogens with zero attached hydrogens (tertiary/aromatic N) is 2. The van der Waals surface area contributed by atoms with E-state index < -0.39 is 5.92 Å². The van der Waals surface area contributed by atoms with E-state index in [2.05, 4.69) is 19.9 Å².